The Bertz CT molecular complexity index is 573. The number of amides is 2. The molecule has 0 aliphatic carbocycles. The lowest BCUT2D eigenvalue weighted by Crippen LogP contribution is -2.34. The van der Waals surface area contributed by atoms with Crippen molar-refractivity contribution in [1.29, 1.82) is 0 Å². The molecule has 1 aromatic carbocycles. The normalized spacial score (nSPS) is 10.9. The van der Waals surface area contributed by atoms with Gasteiger partial charge in [-0.3, -0.25) is 9.59 Å². The molecule has 0 atom stereocenters. The lowest BCUT2D eigenvalue weighted by atomic mass is 10.1. The molecule has 6 heteroatoms. The number of halogens is 1. The zero-order chi connectivity index (χ0) is 19.7. The second-order valence-electron chi connectivity index (χ2n) is 6.70. The Morgan fingerprint density at radius 3 is 2.15 bits per heavy atom. The van der Waals surface area contributed by atoms with Gasteiger partial charge in [-0.25, -0.2) is 5.43 Å². The van der Waals surface area contributed by atoms with Gasteiger partial charge in [0.15, 0.2) is 0 Å². The van der Waals surface area contributed by atoms with E-state index >= 15 is 0 Å². The average Bonchev–Trinajstić information content (AvgIpc) is 2.66. The summed E-state index contributed by atoms with van der Waals surface area (Å²) < 4.78 is 0. The monoisotopic (exact) mass is 393 g/mol. The van der Waals surface area contributed by atoms with Crippen molar-refractivity contribution in [3.8, 4) is 0 Å². The number of nitrogens with zero attached hydrogens (tertiary/aromatic N) is 1. The van der Waals surface area contributed by atoms with Gasteiger partial charge in [-0.15, -0.1) is 0 Å². The van der Waals surface area contributed by atoms with Crippen molar-refractivity contribution < 1.29 is 9.59 Å². The maximum Gasteiger partial charge on any atom is 0.259 e. The van der Waals surface area contributed by atoms with Crippen LogP contribution in [-0.2, 0) is 9.59 Å². The molecular formula is C21H32ClN3O2. The summed E-state index contributed by atoms with van der Waals surface area (Å²) in [5.41, 5.74) is 3.22. The predicted octanol–water partition coefficient (Wildman–Crippen LogP) is 4.83. The van der Waals surface area contributed by atoms with Crippen LogP contribution < -0.4 is 10.7 Å². The Balaban J connectivity index is 2.00. The van der Waals surface area contributed by atoms with E-state index in [1.165, 1.54) is 51.2 Å². The lowest BCUT2D eigenvalue weighted by molar-refractivity contribution is -0.126. The summed E-state index contributed by atoms with van der Waals surface area (Å²) in [5, 5.41) is 7.12. The van der Waals surface area contributed by atoms with E-state index in [1.807, 2.05) is 0 Å². The molecule has 0 aromatic heterocycles. The van der Waals surface area contributed by atoms with Crippen LogP contribution in [-0.4, -0.2) is 24.6 Å². The number of hydrazone groups is 1. The molecule has 0 heterocycles. The second-order valence-corrected chi connectivity index (χ2v) is 7.14. The van der Waals surface area contributed by atoms with Crippen molar-refractivity contribution in [2.45, 2.75) is 71.1 Å². The van der Waals surface area contributed by atoms with E-state index in [2.05, 4.69) is 22.8 Å². The van der Waals surface area contributed by atoms with Crippen LogP contribution in [0.25, 0.3) is 0 Å². The van der Waals surface area contributed by atoms with Gasteiger partial charge in [0.2, 0.25) is 5.91 Å². The van der Waals surface area contributed by atoms with Crippen molar-refractivity contribution in [3.05, 3.63) is 34.9 Å². The van der Waals surface area contributed by atoms with Gasteiger partial charge in [0.05, 0.1) is 12.8 Å². The van der Waals surface area contributed by atoms with Crippen LogP contribution in [0.5, 0.6) is 0 Å². The zero-order valence-electron chi connectivity index (χ0n) is 16.3. The molecule has 1 aromatic rings. The van der Waals surface area contributed by atoms with E-state index in [0.29, 0.717) is 11.4 Å². The molecule has 5 nitrogen and oxygen atoms in total. The van der Waals surface area contributed by atoms with Gasteiger partial charge in [-0.2, -0.15) is 5.10 Å². The average molecular weight is 394 g/mol. The summed E-state index contributed by atoms with van der Waals surface area (Å²) in [6.07, 6.45) is 12.9. The minimum Gasteiger partial charge on any atom is -0.347 e. The maximum absolute atomic E-state index is 11.7. The number of unbranched alkanes of at least 4 members (excludes halogenated alkanes) is 8. The highest BCUT2D eigenvalue weighted by atomic mass is 35.5. The third-order valence-electron chi connectivity index (χ3n) is 4.23. The van der Waals surface area contributed by atoms with Crippen LogP contribution in [0.15, 0.2) is 29.4 Å². The number of carbonyl (C=O) groups is 2. The summed E-state index contributed by atoms with van der Waals surface area (Å²) in [7, 11) is 0. The maximum atomic E-state index is 11.7. The summed E-state index contributed by atoms with van der Waals surface area (Å²) in [6, 6.07) is 7.09. The Morgan fingerprint density at radius 2 is 1.52 bits per heavy atom. The highest BCUT2D eigenvalue weighted by Gasteiger charge is 2.04. The van der Waals surface area contributed by atoms with Crippen molar-refractivity contribution in [3.63, 3.8) is 0 Å². The van der Waals surface area contributed by atoms with Crippen LogP contribution in [0.2, 0.25) is 5.02 Å². The standard InChI is InChI=1S/C21H32ClN3O2/c1-2-3-4-5-6-7-8-9-10-11-20(26)23-17-21(27)25-24-16-18-12-14-19(22)15-13-18/h12-16H,2-11,17H2,1H3,(H,23,26)(H,25,27)/b24-16-. The highest BCUT2D eigenvalue weighted by Crippen LogP contribution is 2.10. The van der Waals surface area contributed by atoms with Gasteiger partial charge >= 0.3 is 0 Å². The van der Waals surface area contributed by atoms with Crippen molar-refractivity contribution >= 4 is 29.6 Å². The van der Waals surface area contributed by atoms with Crippen molar-refractivity contribution in [2.24, 2.45) is 5.10 Å². The molecule has 0 fully saturated rings. The van der Waals surface area contributed by atoms with Crippen LogP contribution in [0, 0.1) is 0 Å². The van der Waals surface area contributed by atoms with E-state index in [4.69, 9.17) is 11.6 Å². The molecule has 0 saturated carbocycles. The molecule has 0 saturated heterocycles. The Labute approximate surface area is 167 Å². The van der Waals surface area contributed by atoms with Crippen LogP contribution >= 0.6 is 11.6 Å². The predicted molar refractivity (Wildman–Crippen MR) is 112 cm³/mol. The van der Waals surface area contributed by atoms with Crippen molar-refractivity contribution in [1.82, 2.24) is 10.7 Å². The van der Waals surface area contributed by atoms with Crippen LogP contribution in [0.1, 0.15) is 76.7 Å². The third kappa shape index (κ3) is 13.0. The van der Waals surface area contributed by atoms with Gasteiger partial charge in [0.25, 0.3) is 5.91 Å². The quantitative estimate of drug-likeness (QED) is 0.270. The van der Waals surface area contributed by atoms with Gasteiger partial charge < -0.3 is 5.32 Å². The smallest absolute Gasteiger partial charge is 0.259 e. The number of rotatable bonds is 14. The van der Waals surface area contributed by atoms with E-state index < -0.39 is 0 Å². The Morgan fingerprint density at radius 1 is 0.926 bits per heavy atom. The summed E-state index contributed by atoms with van der Waals surface area (Å²) >= 11 is 5.80. The molecule has 0 spiro atoms. The third-order valence-corrected chi connectivity index (χ3v) is 4.48. The first-order valence-electron chi connectivity index (χ1n) is 9.96. The molecule has 27 heavy (non-hydrogen) atoms. The van der Waals surface area contributed by atoms with E-state index in [-0.39, 0.29) is 18.4 Å². The number of carbonyl (C=O) groups excluding carboxylic acids is 2. The fraction of sp³-hybridized carbons (Fsp3) is 0.571. The van der Waals surface area contributed by atoms with Gasteiger partial charge in [-0.05, 0) is 24.1 Å². The fourth-order valence-electron chi connectivity index (χ4n) is 2.63. The molecule has 0 bridgehead atoms. The van der Waals surface area contributed by atoms with E-state index in [0.717, 1.165) is 18.4 Å². The first-order chi connectivity index (χ1) is 13.1. The zero-order valence-corrected chi connectivity index (χ0v) is 17.1. The molecule has 0 radical (unpaired) electrons. The minimum absolute atomic E-state index is 0.0613. The van der Waals surface area contributed by atoms with Crippen LogP contribution in [0.3, 0.4) is 0 Å². The number of nitrogens with one attached hydrogen (secondary N) is 2. The number of hydrogen-bond acceptors (Lipinski definition) is 3. The van der Waals surface area contributed by atoms with Crippen molar-refractivity contribution in [2.75, 3.05) is 6.54 Å². The molecule has 0 aliphatic heterocycles. The Kier molecular flexibility index (Phi) is 13.0. The molecule has 150 valence electrons. The molecule has 2 N–H and O–H groups in total. The number of benzene rings is 1. The molecule has 0 aliphatic rings. The second kappa shape index (κ2) is 15.2. The minimum atomic E-state index is -0.347. The molecular weight excluding hydrogens is 362 g/mol. The van der Waals surface area contributed by atoms with Gasteiger partial charge in [0.1, 0.15) is 0 Å². The lowest BCUT2D eigenvalue weighted by Gasteiger charge is -2.04. The van der Waals surface area contributed by atoms with E-state index in [9.17, 15) is 9.59 Å². The first-order valence-corrected chi connectivity index (χ1v) is 10.3. The van der Waals surface area contributed by atoms with Gasteiger partial charge in [-0.1, -0.05) is 82.0 Å². The largest absolute Gasteiger partial charge is 0.347 e. The molecule has 2 amide bonds. The SMILES string of the molecule is CCCCCCCCCCCC(=O)NCC(=O)N/N=C\c1ccc(Cl)cc1. The highest BCUT2D eigenvalue weighted by molar-refractivity contribution is 6.30. The fourth-order valence-corrected chi connectivity index (χ4v) is 2.76. The molecule has 0 unspecified atom stereocenters. The first kappa shape index (κ1) is 23.2. The topological polar surface area (TPSA) is 70.6 Å². The van der Waals surface area contributed by atoms with Gasteiger partial charge in [0, 0.05) is 11.4 Å². The van der Waals surface area contributed by atoms with Crippen LogP contribution in [0.4, 0.5) is 0 Å². The number of hydrogen-bond donors (Lipinski definition) is 2. The summed E-state index contributed by atoms with van der Waals surface area (Å²) in [6.45, 7) is 2.16. The Hall–Kier alpha value is -1.88. The summed E-state index contributed by atoms with van der Waals surface area (Å²) in [5.74, 6) is -0.435. The van der Waals surface area contributed by atoms with E-state index in [1.54, 1.807) is 24.3 Å². The molecule has 1 rings (SSSR count). The summed E-state index contributed by atoms with van der Waals surface area (Å²) in [4.78, 5) is 23.4.